The van der Waals surface area contributed by atoms with Gasteiger partial charge in [0.1, 0.15) is 5.75 Å². The van der Waals surface area contributed by atoms with E-state index in [1.54, 1.807) is 18.2 Å². The molecule has 1 amide bonds. The normalized spacial score (nSPS) is 10.2. The van der Waals surface area contributed by atoms with Crippen molar-refractivity contribution in [3.05, 3.63) is 27.1 Å². The molecule has 1 N–H and O–H groups in total. The van der Waals surface area contributed by atoms with Crippen molar-refractivity contribution in [2.75, 3.05) is 13.2 Å². The van der Waals surface area contributed by atoms with Crippen LogP contribution in [0, 0.1) is 0 Å². The van der Waals surface area contributed by atoms with Crippen molar-refractivity contribution in [2.45, 2.75) is 19.9 Å². The lowest BCUT2D eigenvalue weighted by atomic mass is 10.3. The summed E-state index contributed by atoms with van der Waals surface area (Å²) in [6.07, 6.45) is 0. The van der Waals surface area contributed by atoms with Gasteiger partial charge < -0.3 is 14.8 Å². The van der Waals surface area contributed by atoms with Crippen LogP contribution >= 0.6 is 31.9 Å². The molecule has 110 valence electrons. The lowest BCUT2D eigenvalue weighted by Gasteiger charge is -2.10. The minimum absolute atomic E-state index is 0.0103. The third kappa shape index (κ3) is 6.38. The van der Waals surface area contributed by atoms with Gasteiger partial charge in [-0.15, -0.1) is 0 Å². The number of halogens is 2. The molecule has 1 aromatic carbocycles. The highest BCUT2D eigenvalue weighted by Crippen LogP contribution is 2.28. The van der Waals surface area contributed by atoms with Crippen molar-refractivity contribution in [3.8, 4) is 5.75 Å². The van der Waals surface area contributed by atoms with E-state index in [0.717, 1.165) is 8.95 Å². The molecule has 5 nitrogen and oxygen atoms in total. The molecule has 0 aliphatic carbocycles. The van der Waals surface area contributed by atoms with Gasteiger partial charge in [0.25, 0.3) is 5.91 Å². The number of rotatable bonds is 6. The number of esters is 1. The maximum absolute atomic E-state index is 11.4. The second-order valence-corrected chi connectivity index (χ2v) is 6.02. The monoisotopic (exact) mass is 407 g/mol. The molecule has 7 heteroatoms. The molecule has 1 aromatic rings. The zero-order chi connectivity index (χ0) is 15.1. The Hall–Kier alpha value is -1.08. The van der Waals surface area contributed by atoms with E-state index in [4.69, 9.17) is 9.47 Å². The van der Waals surface area contributed by atoms with Crippen molar-refractivity contribution in [3.63, 3.8) is 0 Å². The van der Waals surface area contributed by atoms with Gasteiger partial charge in [0.2, 0.25) is 0 Å². The Kier molecular flexibility index (Phi) is 7.01. The predicted molar refractivity (Wildman–Crippen MR) is 81.6 cm³/mol. The van der Waals surface area contributed by atoms with E-state index in [-0.39, 0.29) is 25.2 Å². The summed E-state index contributed by atoms with van der Waals surface area (Å²) in [5, 5.41) is 2.62. The quantitative estimate of drug-likeness (QED) is 0.735. The molecule has 20 heavy (non-hydrogen) atoms. The third-order valence-electron chi connectivity index (χ3n) is 2.05. The molecule has 0 saturated carbocycles. The maximum Gasteiger partial charge on any atom is 0.344 e. The SMILES string of the molecule is CC(C)NC(=O)COC(=O)COc1ccc(Br)cc1Br. The van der Waals surface area contributed by atoms with Gasteiger partial charge in [-0.05, 0) is 48.0 Å². The summed E-state index contributed by atoms with van der Waals surface area (Å²) in [7, 11) is 0. The number of hydrogen-bond acceptors (Lipinski definition) is 4. The summed E-state index contributed by atoms with van der Waals surface area (Å²) >= 11 is 6.63. The largest absolute Gasteiger partial charge is 0.481 e. The van der Waals surface area contributed by atoms with E-state index in [2.05, 4.69) is 37.2 Å². The van der Waals surface area contributed by atoms with Gasteiger partial charge in [-0.2, -0.15) is 0 Å². The maximum atomic E-state index is 11.4. The van der Waals surface area contributed by atoms with Crippen LogP contribution in [0.3, 0.4) is 0 Å². The van der Waals surface area contributed by atoms with Crippen molar-refractivity contribution < 1.29 is 19.1 Å². The number of ether oxygens (including phenoxy) is 2. The molecule has 0 heterocycles. The molecule has 1 rings (SSSR count). The van der Waals surface area contributed by atoms with E-state index in [9.17, 15) is 9.59 Å². The van der Waals surface area contributed by atoms with Gasteiger partial charge >= 0.3 is 5.97 Å². The first-order chi connectivity index (χ1) is 9.38. The number of amides is 1. The number of carbonyl (C=O) groups excluding carboxylic acids is 2. The van der Waals surface area contributed by atoms with Crippen LogP contribution in [-0.4, -0.2) is 31.1 Å². The first-order valence-electron chi connectivity index (χ1n) is 5.91. The first-order valence-corrected chi connectivity index (χ1v) is 7.50. The van der Waals surface area contributed by atoms with Crippen LogP contribution in [0.15, 0.2) is 27.1 Å². The molecule has 0 saturated heterocycles. The van der Waals surface area contributed by atoms with Crippen LogP contribution in [0.5, 0.6) is 5.75 Å². The highest BCUT2D eigenvalue weighted by Gasteiger charge is 2.10. The van der Waals surface area contributed by atoms with E-state index < -0.39 is 5.97 Å². The summed E-state index contributed by atoms with van der Waals surface area (Å²) < 4.78 is 11.7. The fourth-order valence-electron chi connectivity index (χ4n) is 1.28. The van der Waals surface area contributed by atoms with Gasteiger partial charge in [0.05, 0.1) is 4.47 Å². The van der Waals surface area contributed by atoms with E-state index in [0.29, 0.717) is 5.75 Å². The molecule has 0 atom stereocenters. The van der Waals surface area contributed by atoms with E-state index in [1.165, 1.54) is 0 Å². The van der Waals surface area contributed by atoms with Crippen LogP contribution in [-0.2, 0) is 14.3 Å². The lowest BCUT2D eigenvalue weighted by molar-refractivity contribution is -0.150. The first kappa shape index (κ1) is 17.0. The van der Waals surface area contributed by atoms with Crippen LogP contribution in [0.25, 0.3) is 0 Å². The zero-order valence-corrected chi connectivity index (χ0v) is 14.3. The van der Waals surface area contributed by atoms with E-state index in [1.807, 2.05) is 13.8 Å². The predicted octanol–water partition coefficient (Wildman–Crippen LogP) is 2.66. The zero-order valence-electron chi connectivity index (χ0n) is 11.1. The highest BCUT2D eigenvalue weighted by atomic mass is 79.9. The van der Waals surface area contributed by atoms with Crippen molar-refractivity contribution in [2.24, 2.45) is 0 Å². The molecule has 0 bridgehead atoms. The Morgan fingerprint density at radius 2 is 1.95 bits per heavy atom. The summed E-state index contributed by atoms with van der Waals surface area (Å²) in [6.45, 7) is 3.10. The average molecular weight is 409 g/mol. The van der Waals surface area contributed by atoms with Gasteiger partial charge in [0, 0.05) is 10.5 Å². The van der Waals surface area contributed by atoms with Crippen LogP contribution in [0.4, 0.5) is 0 Å². The van der Waals surface area contributed by atoms with Crippen LogP contribution in [0.2, 0.25) is 0 Å². The number of nitrogens with one attached hydrogen (secondary N) is 1. The number of benzene rings is 1. The molecule has 0 aliphatic rings. The molecule has 0 fully saturated rings. The topological polar surface area (TPSA) is 64.6 Å². The Bertz CT molecular complexity index is 491. The Balaban J connectivity index is 2.34. The van der Waals surface area contributed by atoms with Crippen LogP contribution < -0.4 is 10.1 Å². The molecular formula is C13H15Br2NO4. The molecule has 0 aromatic heterocycles. The molecule has 0 unspecified atom stereocenters. The Labute approximate surface area is 134 Å². The van der Waals surface area contributed by atoms with Gasteiger partial charge in [-0.25, -0.2) is 4.79 Å². The second-order valence-electron chi connectivity index (χ2n) is 4.25. The molecule has 0 radical (unpaired) electrons. The lowest BCUT2D eigenvalue weighted by Crippen LogP contribution is -2.34. The van der Waals surface area contributed by atoms with Gasteiger partial charge in [-0.3, -0.25) is 4.79 Å². The molecular weight excluding hydrogens is 394 g/mol. The fourth-order valence-corrected chi connectivity index (χ4v) is 2.44. The second kappa shape index (κ2) is 8.26. The Morgan fingerprint density at radius 1 is 1.25 bits per heavy atom. The van der Waals surface area contributed by atoms with Crippen molar-refractivity contribution in [1.29, 1.82) is 0 Å². The average Bonchev–Trinajstić information content (AvgIpc) is 2.34. The summed E-state index contributed by atoms with van der Waals surface area (Å²) in [4.78, 5) is 22.7. The fraction of sp³-hybridized carbons (Fsp3) is 0.385. The van der Waals surface area contributed by atoms with Crippen molar-refractivity contribution >= 4 is 43.7 Å². The molecule has 0 aliphatic heterocycles. The minimum Gasteiger partial charge on any atom is -0.481 e. The molecule has 0 spiro atoms. The van der Waals surface area contributed by atoms with Crippen LogP contribution in [0.1, 0.15) is 13.8 Å². The standard InChI is InChI=1S/C13H15Br2NO4/c1-8(2)16-12(17)6-20-13(18)7-19-11-4-3-9(14)5-10(11)15/h3-5,8H,6-7H2,1-2H3,(H,16,17). The Morgan fingerprint density at radius 3 is 2.55 bits per heavy atom. The van der Waals surface area contributed by atoms with Gasteiger partial charge in [0.15, 0.2) is 13.2 Å². The summed E-state index contributed by atoms with van der Waals surface area (Å²) in [5.74, 6) is -0.409. The highest BCUT2D eigenvalue weighted by molar-refractivity contribution is 9.11. The number of carbonyl (C=O) groups is 2. The summed E-state index contributed by atoms with van der Waals surface area (Å²) in [5.41, 5.74) is 0. The minimum atomic E-state index is -0.598. The summed E-state index contributed by atoms with van der Waals surface area (Å²) in [6, 6.07) is 5.32. The van der Waals surface area contributed by atoms with Crippen molar-refractivity contribution in [1.82, 2.24) is 5.32 Å². The number of hydrogen-bond donors (Lipinski definition) is 1. The third-order valence-corrected chi connectivity index (χ3v) is 3.17. The van der Waals surface area contributed by atoms with Gasteiger partial charge in [-0.1, -0.05) is 15.9 Å². The smallest absolute Gasteiger partial charge is 0.344 e. The van der Waals surface area contributed by atoms with E-state index >= 15 is 0 Å².